The maximum absolute atomic E-state index is 10.3. The molecule has 22 heavy (non-hydrogen) atoms. The van der Waals surface area contributed by atoms with Crippen LogP contribution in [-0.4, -0.2) is 23.9 Å². The Bertz CT molecular complexity index is 488. The Kier molecular flexibility index (Phi) is 11.2. The first-order chi connectivity index (χ1) is 10.3. The van der Waals surface area contributed by atoms with Gasteiger partial charge in [-0.1, -0.05) is 24.3 Å². The van der Waals surface area contributed by atoms with E-state index in [1.165, 1.54) is 12.1 Å². The third-order valence-corrected chi connectivity index (χ3v) is 1.90. The van der Waals surface area contributed by atoms with Crippen LogP contribution >= 0.6 is 0 Å². The number of carboxylic acids is 4. The standard InChI is InChI=1S/C8H6O4.C4H6O4.C2H4/c9-7(10)5-3-1-2-4-6(5)8(11)12;5-3(6)1-2-4(7)8;1-2/h1-4H,(H,9,10)(H,11,12);1-2H2,(H,5,6)(H,7,8);1-2H2/p-4. The molecule has 1 aromatic carbocycles. The molecule has 0 amide bonds. The molecule has 0 aliphatic carbocycles. The molecule has 0 heterocycles. The van der Waals surface area contributed by atoms with Gasteiger partial charge in [0.1, 0.15) is 0 Å². The lowest BCUT2D eigenvalue weighted by Crippen LogP contribution is -2.29. The fourth-order valence-electron chi connectivity index (χ4n) is 1.04. The van der Waals surface area contributed by atoms with Gasteiger partial charge in [-0.15, -0.1) is 13.2 Å². The summed E-state index contributed by atoms with van der Waals surface area (Å²) in [5.41, 5.74) is -0.727. The molecule has 0 aromatic heterocycles. The van der Waals surface area contributed by atoms with E-state index in [9.17, 15) is 39.6 Å². The minimum absolute atomic E-state index is 0.363. The summed E-state index contributed by atoms with van der Waals surface area (Å²) in [7, 11) is 0. The van der Waals surface area contributed by atoms with Crippen LogP contribution in [0.25, 0.3) is 0 Å². The topological polar surface area (TPSA) is 161 Å². The van der Waals surface area contributed by atoms with Crippen LogP contribution in [0.5, 0.6) is 0 Å². The number of aliphatic carboxylic acids is 2. The van der Waals surface area contributed by atoms with Crippen LogP contribution < -0.4 is 20.4 Å². The number of carbonyl (C=O) groups is 4. The van der Waals surface area contributed by atoms with Crippen molar-refractivity contribution < 1.29 is 39.6 Å². The smallest absolute Gasteiger partial charge is 0.0721 e. The van der Waals surface area contributed by atoms with E-state index >= 15 is 0 Å². The minimum atomic E-state index is -1.52. The molecule has 0 radical (unpaired) electrons. The van der Waals surface area contributed by atoms with E-state index < -0.39 is 36.7 Å². The van der Waals surface area contributed by atoms with Crippen molar-refractivity contribution in [1.82, 2.24) is 0 Å². The van der Waals surface area contributed by atoms with Crippen LogP contribution in [0.1, 0.15) is 33.6 Å². The van der Waals surface area contributed by atoms with Gasteiger partial charge in [-0.3, -0.25) is 0 Å². The van der Waals surface area contributed by atoms with Gasteiger partial charge in [0.05, 0.1) is 11.9 Å². The van der Waals surface area contributed by atoms with E-state index in [1.807, 2.05) is 0 Å². The summed E-state index contributed by atoms with van der Waals surface area (Å²) < 4.78 is 0. The molecule has 0 saturated carbocycles. The van der Waals surface area contributed by atoms with Gasteiger partial charge in [-0.2, -0.15) is 0 Å². The zero-order valence-corrected chi connectivity index (χ0v) is 11.4. The molecular formula is C14H12O8-4. The van der Waals surface area contributed by atoms with Gasteiger partial charge in [0.15, 0.2) is 0 Å². The van der Waals surface area contributed by atoms with E-state index in [0.717, 1.165) is 12.1 Å². The molecule has 0 bridgehead atoms. The number of hydrogen-bond donors (Lipinski definition) is 0. The summed E-state index contributed by atoms with van der Waals surface area (Å²) in [6.07, 6.45) is -0.940. The van der Waals surface area contributed by atoms with Crippen LogP contribution in [0.15, 0.2) is 37.4 Å². The molecule has 0 aliphatic heterocycles. The first-order valence-corrected chi connectivity index (χ1v) is 5.67. The van der Waals surface area contributed by atoms with Gasteiger partial charge < -0.3 is 39.6 Å². The van der Waals surface area contributed by atoms with Crippen LogP contribution in [0.3, 0.4) is 0 Å². The monoisotopic (exact) mass is 308 g/mol. The van der Waals surface area contributed by atoms with Crippen LogP contribution in [0.4, 0.5) is 0 Å². The van der Waals surface area contributed by atoms with Crippen LogP contribution in [0, 0.1) is 0 Å². The SMILES string of the molecule is C=C.O=C([O-])CCC(=O)[O-].O=C([O-])c1ccccc1C(=O)[O-]. The molecule has 0 N–H and O–H groups in total. The molecular weight excluding hydrogens is 296 g/mol. The molecule has 8 nitrogen and oxygen atoms in total. The van der Waals surface area contributed by atoms with Crippen molar-refractivity contribution in [2.75, 3.05) is 0 Å². The molecule has 0 aliphatic rings. The number of carbonyl (C=O) groups excluding carboxylic acids is 4. The van der Waals surface area contributed by atoms with Crippen molar-refractivity contribution >= 4 is 23.9 Å². The normalized spacial score (nSPS) is 8.36. The fourth-order valence-corrected chi connectivity index (χ4v) is 1.04. The van der Waals surface area contributed by atoms with Gasteiger partial charge in [-0.05, 0) is 12.8 Å². The summed E-state index contributed by atoms with van der Waals surface area (Å²) in [4.78, 5) is 39.7. The number of hydrogen-bond acceptors (Lipinski definition) is 8. The van der Waals surface area contributed by atoms with Gasteiger partial charge in [0, 0.05) is 23.1 Å². The number of aromatic carboxylic acids is 2. The lowest BCUT2D eigenvalue weighted by molar-refractivity contribution is -0.315. The molecule has 0 unspecified atom stereocenters. The van der Waals surface area contributed by atoms with Gasteiger partial charge in [-0.25, -0.2) is 0 Å². The van der Waals surface area contributed by atoms with Gasteiger partial charge in [0.25, 0.3) is 0 Å². The summed E-state index contributed by atoms with van der Waals surface area (Å²) in [5, 5.41) is 39.7. The Labute approximate surface area is 125 Å². The average Bonchev–Trinajstić information content (AvgIpc) is 2.47. The lowest BCUT2D eigenvalue weighted by Gasteiger charge is -2.09. The second-order valence-corrected chi connectivity index (χ2v) is 3.36. The van der Waals surface area contributed by atoms with Crippen LogP contribution in [0.2, 0.25) is 0 Å². The number of benzene rings is 1. The largest absolute Gasteiger partial charge is 0.550 e. The van der Waals surface area contributed by atoms with E-state index in [2.05, 4.69) is 13.2 Å². The Morgan fingerprint density at radius 3 is 1.18 bits per heavy atom. The predicted octanol–water partition coefficient (Wildman–Crippen LogP) is -3.52. The number of carboxylic acid groups (broad SMARTS) is 4. The van der Waals surface area contributed by atoms with Crippen molar-refractivity contribution in [2.45, 2.75) is 12.8 Å². The highest BCUT2D eigenvalue weighted by Crippen LogP contribution is 2.05. The Morgan fingerprint density at radius 2 is 1.00 bits per heavy atom. The Hall–Kier alpha value is -3.16. The number of rotatable bonds is 5. The zero-order valence-electron chi connectivity index (χ0n) is 11.4. The highest BCUT2D eigenvalue weighted by atomic mass is 16.4. The maximum atomic E-state index is 10.3. The third kappa shape index (κ3) is 9.73. The Balaban J connectivity index is 0. The van der Waals surface area contributed by atoms with Gasteiger partial charge in [0.2, 0.25) is 0 Å². The fraction of sp³-hybridized carbons (Fsp3) is 0.143. The molecule has 0 fully saturated rings. The summed E-state index contributed by atoms with van der Waals surface area (Å²) in [5.74, 6) is -5.77. The van der Waals surface area contributed by atoms with Crippen molar-refractivity contribution in [3.8, 4) is 0 Å². The lowest BCUT2D eigenvalue weighted by atomic mass is 10.1. The minimum Gasteiger partial charge on any atom is -0.550 e. The van der Waals surface area contributed by atoms with Crippen LogP contribution in [-0.2, 0) is 9.59 Å². The van der Waals surface area contributed by atoms with E-state index in [1.54, 1.807) is 0 Å². The molecule has 1 aromatic rings. The average molecular weight is 308 g/mol. The first kappa shape index (κ1) is 21.1. The first-order valence-electron chi connectivity index (χ1n) is 5.67. The van der Waals surface area contributed by atoms with Crippen molar-refractivity contribution in [3.05, 3.63) is 48.6 Å². The molecule has 0 atom stereocenters. The predicted molar refractivity (Wildman–Crippen MR) is 65.6 cm³/mol. The maximum Gasteiger partial charge on any atom is 0.0721 e. The summed E-state index contributed by atoms with van der Waals surface area (Å²) in [6, 6.07) is 5.14. The van der Waals surface area contributed by atoms with Crippen molar-refractivity contribution in [3.63, 3.8) is 0 Å². The van der Waals surface area contributed by atoms with E-state index in [4.69, 9.17) is 0 Å². The summed E-state index contributed by atoms with van der Waals surface area (Å²) in [6.45, 7) is 6.00. The molecule has 1 rings (SSSR count). The zero-order chi connectivity index (χ0) is 17.7. The molecule has 8 heteroatoms. The highest BCUT2D eigenvalue weighted by molar-refractivity contribution is 5.99. The van der Waals surface area contributed by atoms with Crippen molar-refractivity contribution in [1.29, 1.82) is 0 Å². The molecule has 0 spiro atoms. The van der Waals surface area contributed by atoms with Crippen molar-refractivity contribution in [2.24, 2.45) is 0 Å². The molecule has 120 valence electrons. The van der Waals surface area contributed by atoms with E-state index in [0.29, 0.717) is 0 Å². The second-order valence-electron chi connectivity index (χ2n) is 3.36. The quantitative estimate of drug-likeness (QED) is 0.506. The summed E-state index contributed by atoms with van der Waals surface area (Å²) >= 11 is 0. The highest BCUT2D eigenvalue weighted by Gasteiger charge is 2.01. The molecule has 0 saturated heterocycles. The third-order valence-electron chi connectivity index (χ3n) is 1.90. The van der Waals surface area contributed by atoms with Gasteiger partial charge >= 0.3 is 0 Å². The Morgan fingerprint density at radius 1 is 0.727 bits per heavy atom. The van der Waals surface area contributed by atoms with E-state index in [-0.39, 0.29) is 11.1 Å². The second kappa shape index (κ2) is 11.6.